The van der Waals surface area contributed by atoms with Crippen molar-refractivity contribution in [3.05, 3.63) is 16.1 Å². The molecular weight excluding hydrogens is 312 g/mol. The highest BCUT2D eigenvalue weighted by Crippen LogP contribution is 2.25. The van der Waals surface area contributed by atoms with E-state index >= 15 is 0 Å². The molecule has 0 unspecified atom stereocenters. The number of carbonyl (C=O) groups excluding carboxylic acids is 2. The van der Waals surface area contributed by atoms with Crippen LogP contribution >= 0.6 is 11.3 Å². The molecule has 2 fully saturated rings. The van der Waals surface area contributed by atoms with Gasteiger partial charge >= 0.3 is 6.03 Å². The summed E-state index contributed by atoms with van der Waals surface area (Å²) in [5.74, 6) is -0.0455. The second kappa shape index (κ2) is 7.29. The van der Waals surface area contributed by atoms with E-state index < -0.39 is 0 Å². The van der Waals surface area contributed by atoms with Crippen LogP contribution in [0.3, 0.4) is 0 Å². The van der Waals surface area contributed by atoms with E-state index in [-0.39, 0.29) is 30.6 Å². The zero-order valence-corrected chi connectivity index (χ0v) is 14.3. The van der Waals surface area contributed by atoms with Gasteiger partial charge in [-0.3, -0.25) is 4.79 Å². The predicted octanol–water partition coefficient (Wildman–Crippen LogP) is 1.70. The molecule has 1 aliphatic carbocycles. The molecule has 7 heteroatoms. The largest absolute Gasteiger partial charge is 0.350 e. The maximum atomic E-state index is 12.5. The highest BCUT2D eigenvalue weighted by molar-refractivity contribution is 7.11. The Kier molecular flexibility index (Phi) is 5.15. The first-order valence-corrected chi connectivity index (χ1v) is 9.26. The number of rotatable bonds is 4. The first kappa shape index (κ1) is 16.2. The Labute approximate surface area is 140 Å². The van der Waals surface area contributed by atoms with Gasteiger partial charge in [-0.2, -0.15) is 0 Å². The van der Waals surface area contributed by atoms with E-state index in [0.717, 1.165) is 43.5 Å². The molecule has 3 rings (SSSR count). The Morgan fingerprint density at radius 2 is 2.30 bits per heavy atom. The summed E-state index contributed by atoms with van der Waals surface area (Å²) >= 11 is 1.70. The molecule has 0 radical (unpaired) electrons. The Morgan fingerprint density at radius 1 is 1.48 bits per heavy atom. The molecule has 1 saturated heterocycles. The van der Waals surface area contributed by atoms with Crippen LogP contribution in [0, 0.1) is 0 Å². The van der Waals surface area contributed by atoms with Gasteiger partial charge in [0.2, 0.25) is 5.91 Å². The molecule has 2 N–H and O–H groups in total. The number of thiazole rings is 1. The fraction of sp³-hybridized carbons (Fsp3) is 0.688. The van der Waals surface area contributed by atoms with Gasteiger partial charge < -0.3 is 15.5 Å². The van der Waals surface area contributed by atoms with Crippen LogP contribution in [0.1, 0.15) is 42.5 Å². The number of fused-ring (bicyclic) bond motifs is 1. The summed E-state index contributed by atoms with van der Waals surface area (Å²) < 4.78 is 0. The number of hydrogen-bond donors (Lipinski definition) is 2. The molecule has 1 aromatic heterocycles. The summed E-state index contributed by atoms with van der Waals surface area (Å²) in [7, 11) is 0. The molecule has 23 heavy (non-hydrogen) atoms. The van der Waals surface area contributed by atoms with E-state index in [4.69, 9.17) is 0 Å². The number of hydrogen-bond acceptors (Lipinski definition) is 4. The lowest BCUT2D eigenvalue weighted by Crippen LogP contribution is -2.64. The van der Waals surface area contributed by atoms with Crippen molar-refractivity contribution in [1.82, 2.24) is 20.5 Å². The van der Waals surface area contributed by atoms with Crippen molar-refractivity contribution in [2.75, 3.05) is 13.1 Å². The lowest BCUT2D eigenvalue weighted by atomic mass is 9.87. The first-order valence-electron chi connectivity index (χ1n) is 8.44. The van der Waals surface area contributed by atoms with E-state index in [2.05, 4.69) is 22.5 Å². The average molecular weight is 336 g/mol. The molecule has 1 aliphatic heterocycles. The predicted molar refractivity (Wildman–Crippen MR) is 89.5 cm³/mol. The zero-order valence-electron chi connectivity index (χ0n) is 13.5. The Morgan fingerprint density at radius 3 is 3.09 bits per heavy atom. The Bertz CT molecular complexity index is 574. The smallest absolute Gasteiger partial charge is 0.318 e. The van der Waals surface area contributed by atoms with Gasteiger partial charge in [0.05, 0.1) is 11.0 Å². The van der Waals surface area contributed by atoms with E-state index in [0.29, 0.717) is 6.54 Å². The number of carbonyl (C=O) groups is 2. The topological polar surface area (TPSA) is 74.3 Å². The molecule has 126 valence electrons. The number of nitrogens with zero attached hydrogens (tertiary/aromatic N) is 2. The van der Waals surface area contributed by atoms with Gasteiger partial charge in [-0.15, -0.1) is 11.3 Å². The fourth-order valence-corrected chi connectivity index (χ4v) is 4.27. The van der Waals surface area contributed by atoms with Gasteiger partial charge in [-0.05, 0) is 19.3 Å². The number of aryl methyl sites for hydroxylation is 1. The number of nitrogens with one attached hydrogen (secondary N) is 2. The summed E-state index contributed by atoms with van der Waals surface area (Å²) in [4.78, 5) is 31.6. The summed E-state index contributed by atoms with van der Waals surface area (Å²) in [5, 5.41) is 7.03. The maximum absolute atomic E-state index is 12.5. The van der Waals surface area contributed by atoms with Crippen LogP contribution < -0.4 is 10.6 Å². The van der Waals surface area contributed by atoms with Crippen molar-refractivity contribution in [3.8, 4) is 0 Å². The monoisotopic (exact) mass is 336 g/mol. The van der Waals surface area contributed by atoms with E-state index in [1.807, 2.05) is 6.20 Å². The molecule has 1 aromatic rings. The van der Waals surface area contributed by atoms with Crippen molar-refractivity contribution in [1.29, 1.82) is 0 Å². The first-order chi connectivity index (χ1) is 11.2. The molecule has 2 heterocycles. The molecule has 1 saturated carbocycles. The minimum Gasteiger partial charge on any atom is -0.350 e. The summed E-state index contributed by atoms with van der Waals surface area (Å²) in [5.41, 5.74) is 0. The SMILES string of the molecule is CCc1cnc(CCNC(=O)N2CC(=O)N[C@H]3CCCC[C@H]32)s1. The standard InChI is InChI=1S/C16H24N4O2S/c1-2-11-9-18-15(23-11)7-8-17-16(22)20-10-14(21)19-12-5-3-4-6-13(12)20/h9,12-13H,2-8,10H2,1H3,(H,17,22)(H,19,21)/t12-,13+/m0/s1. The quantitative estimate of drug-likeness (QED) is 0.879. The van der Waals surface area contributed by atoms with Gasteiger partial charge in [0.25, 0.3) is 0 Å². The van der Waals surface area contributed by atoms with Gasteiger partial charge in [0, 0.05) is 30.1 Å². The van der Waals surface area contributed by atoms with Crippen molar-refractivity contribution in [2.24, 2.45) is 0 Å². The van der Waals surface area contributed by atoms with E-state index in [1.54, 1.807) is 16.2 Å². The van der Waals surface area contributed by atoms with E-state index in [9.17, 15) is 9.59 Å². The Balaban J connectivity index is 1.53. The van der Waals surface area contributed by atoms with E-state index in [1.165, 1.54) is 4.88 Å². The lowest BCUT2D eigenvalue weighted by Gasteiger charge is -2.43. The summed E-state index contributed by atoms with van der Waals surface area (Å²) in [6.45, 7) is 2.84. The van der Waals surface area contributed by atoms with Gasteiger partial charge in [-0.25, -0.2) is 9.78 Å². The van der Waals surface area contributed by atoms with Gasteiger partial charge in [0.15, 0.2) is 0 Å². The molecule has 0 aromatic carbocycles. The van der Waals surface area contributed by atoms with Gasteiger partial charge in [0.1, 0.15) is 6.54 Å². The minimum absolute atomic E-state index is 0.0455. The zero-order chi connectivity index (χ0) is 16.2. The minimum atomic E-state index is -0.121. The van der Waals surface area contributed by atoms with Crippen LogP contribution in [0.15, 0.2) is 6.20 Å². The second-order valence-corrected chi connectivity index (χ2v) is 7.41. The molecule has 6 nitrogen and oxygen atoms in total. The average Bonchev–Trinajstić information content (AvgIpc) is 3.02. The number of urea groups is 1. The van der Waals surface area contributed by atoms with Crippen LogP contribution in [0.4, 0.5) is 4.79 Å². The number of piperazine rings is 1. The van der Waals surface area contributed by atoms with Crippen LogP contribution in [-0.2, 0) is 17.6 Å². The highest BCUT2D eigenvalue weighted by atomic mass is 32.1. The second-order valence-electron chi connectivity index (χ2n) is 6.21. The van der Waals surface area contributed by atoms with Crippen LogP contribution in [0.2, 0.25) is 0 Å². The number of aromatic nitrogens is 1. The Hall–Kier alpha value is -1.63. The molecular formula is C16H24N4O2S. The van der Waals surface area contributed by atoms with Crippen molar-refractivity contribution in [3.63, 3.8) is 0 Å². The van der Waals surface area contributed by atoms with Crippen LogP contribution in [0.25, 0.3) is 0 Å². The van der Waals surface area contributed by atoms with Gasteiger partial charge in [-0.1, -0.05) is 19.8 Å². The fourth-order valence-electron chi connectivity index (χ4n) is 3.40. The summed E-state index contributed by atoms with van der Waals surface area (Å²) in [6.07, 6.45) is 7.84. The molecule has 2 atom stereocenters. The third kappa shape index (κ3) is 3.83. The van der Waals surface area contributed by atoms with Crippen LogP contribution in [0.5, 0.6) is 0 Å². The maximum Gasteiger partial charge on any atom is 0.318 e. The molecule has 0 spiro atoms. The molecule has 0 bridgehead atoms. The number of amides is 3. The van der Waals surface area contributed by atoms with Crippen molar-refractivity contribution < 1.29 is 9.59 Å². The van der Waals surface area contributed by atoms with Crippen molar-refractivity contribution in [2.45, 2.75) is 57.5 Å². The third-order valence-corrected chi connectivity index (χ3v) is 5.82. The third-order valence-electron chi connectivity index (χ3n) is 4.62. The lowest BCUT2D eigenvalue weighted by molar-refractivity contribution is -0.126. The van der Waals surface area contributed by atoms with Crippen molar-refractivity contribution >= 4 is 23.3 Å². The molecule has 2 aliphatic rings. The normalized spacial score (nSPS) is 24.0. The summed E-state index contributed by atoms with van der Waals surface area (Å²) in [6, 6.07) is 0.152. The van der Waals surface area contributed by atoms with Crippen LogP contribution in [-0.4, -0.2) is 47.0 Å². The molecule has 3 amide bonds. The highest BCUT2D eigenvalue weighted by Gasteiger charge is 2.38.